The van der Waals surface area contributed by atoms with Gasteiger partial charge in [-0.3, -0.25) is 0 Å². The highest BCUT2D eigenvalue weighted by atomic mass is 19.1. The van der Waals surface area contributed by atoms with E-state index in [-0.39, 0.29) is 17.8 Å². The van der Waals surface area contributed by atoms with E-state index in [1.807, 2.05) is 31.0 Å². The number of fused-ring (bicyclic) bond motifs is 2. The molecular formula is C23H26FN5O2. The Morgan fingerprint density at radius 3 is 2.77 bits per heavy atom. The first-order valence-corrected chi connectivity index (χ1v) is 10.7. The monoisotopic (exact) mass is 423 g/mol. The van der Waals surface area contributed by atoms with E-state index >= 15 is 4.39 Å². The molecule has 2 aliphatic rings. The topological polar surface area (TPSA) is 87.3 Å². The molecule has 4 heterocycles. The largest absolute Gasteiger partial charge is 0.507 e. The molecule has 8 heteroatoms. The Morgan fingerprint density at radius 1 is 1.19 bits per heavy atom. The number of aromatic nitrogens is 3. The summed E-state index contributed by atoms with van der Waals surface area (Å²) in [6, 6.07) is 8.91. The molecule has 2 aromatic heterocycles. The summed E-state index contributed by atoms with van der Waals surface area (Å²) < 4.78 is 20.5. The summed E-state index contributed by atoms with van der Waals surface area (Å²) in [5, 5.41) is 22.6. The van der Waals surface area contributed by atoms with Crippen molar-refractivity contribution in [2.24, 2.45) is 0 Å². The fraction of sp³-hybridized carbons (Fsp3) is 0.435. The van der Waals surface area contributed by atoms with Crippen LogP contribution in [0.5, 0.6) is 5.75 Å². The number of nitrogens with one attached hydrogen (secondary N) is 1. The predicted octanol–water partition coefficient (Wildman–Crippen LogP) is 3.87. The van der Waals surface area contributed by atoms with Crippen molar-refractivity contribution < 1.29 is 13.9 Å². The van der Waals surface area contributed by atoms with E-state index in [2.05, 4.69) is 20.5 Å². The number of hydrogen-bond acceptors (Lipinski definition) is 7. The zero-order valence-corrected chi connectivity index (χ0v) is 17.6. The van der Waals surface area contributed by atoms with Crippen LogP contribution in [0.15, 0.2) is 40.9 Å². The summed E-state index contributed by atoms with van der Waals surface area (Å²) in [7, 11) is 1.88. The SMILES string of the molecule is Cc1cnc(-c2ccc(-c3ccc(N(C)[C@H]4C[C@@H]5CCC[C@H](N5)[C@H]4F)nn3)c(O)c2)o1. The quantitative estimate of drug-likeness (QED) is 0.659. The number of anilines is 1. The lowest BCUT2D eigenvalue weighted by molar-refractivity contribution is 0.107. The van der Waals surface area contributed by atoms with Crippen LogP contribution in [0, 0.1) is 6.92 Å². The summed E-state index contributed by atoms with van der Waals surface area (Å²) in [6.07, 6.45) is 4.54. The van der Waals surface area contributed by atoms with Crippen LogP contribution in [0.4, 0.5) is 10.2 Å². The average Bonchev–Trinajstić information content (AvgIpc) is 3.22. The van der Waals surface area contributed by atoms with Crippen LogP contribution in [-0.4, -0.2) is 51.6 Å². The lowest BCUT2D eigenvalue weighted by atomic mass is 9.82. The summed E-state index contributed by atoms with van der Waals surface area (Å²) >= 11 is 0. The second-order valence-corrected chi connectivity index (χ2v) is 8.54. The number of hydrogen-bond donors (Lipinski definition) is 2. The molecule has 0 spiro atoms. The van der Waals surface area contributed by atoms with E-state index in [4.69, 9.17) is 4.42 Å². The third-order valence-electron chi connectivity index (χ3n) is 6.45. The van der Waals surface area contributed by atoms with Gasteiger partial charge in [0.2, 0.25) is 5.89 Å². The highest BCUT2D eigenvalue weighted by Gasteiger charge is 2.41. The van der Waals surface area contributed by atoms with Crippen LogP contribution < -0.4 is 10.2 Å². The lowest BCUT2D eigenvalue weighted by Crippen LogP contribution is -2.61. The van der Waals surface area contributed by atoms with E-state index in [0.29, 0.717) is 40.3 Å². The Morgan fingerprint density at radius 2 is 2.06 bits per heavy atom. The Kier molecular flexibility index (Phi) is 5.09. The number of phenolic OH excluding ortho intramolecular Hbond substituents is 1. The number of oxazole rings is 1. The molecule has 31 heavy (non-hydrogen) atoms. The fourth-order valence-electron chi connectivity index (χ4n) is 4.75. The smallest absolute Gasteiger partial charge is 0.226 e. The third-order valence-corrected chi connectivity index (χ3v) is 6.45. The fourth-order valence-corrected chi connectivity index (χ4v) is 4.75. The van der Waals surface area contributed by atoms with Crippen LogP contribution in [0.2, 0.25) is 0 Å². The molecule has 7 nitrogen and oxygen atoms in total. The number of phenols is 1. The van der Waals surface area contributed by atoms with E-state index in [1.165, 1.54) is 0 Å². The lowest BCUT2D eigenvalue weighted by Gasteiger charge is -2.46. The second kappa shape index (κ2) is 7.92. The molecule has 162 valence electrons. The zero-order valence-electron chi connectivity index (χ0n) is 17.6. The van der Waals surface area contributed by atoms with E-state index < -0.39 is 6.17 Å². The summed E-state index contributed by atoms with van der Waals surface area (Å²) in [4.78, 5) is 6.09. The van der Waals surface area contributed by atoms with Gasteiger partial charge in [0.05, 0.1) is 17.9 Å². The molecule has 1 aromatic carbocycles. The molecule has 0 aliphatic carbocycles. The minimum atomic E-state index is -0.932. The van der Waals surface area contributed by atoms with Crippen molar-refractivity contribution in [3.8, 4) is 28.5 Å². The Bertz CT molecular complexity index is 1070. The number of piperidine rings is 2. The first-order chi connectivity index (χ1) is 15.0. The number of benzene rings is 1. The second-order valence-electron chi connectivity index (χ2n) is 8.54. The molecule has 5 rings (SSSR count). The van der Waals surface area contributed by atoms with Crippen molar-refractivity contribution in [2.75, 3.05) is 11.9 Å². The minimum absolute atomic E-state index is 0.0683. The highest BCUT2D eigenvalue weighted by molar-refractivity contribution is 5.71. The maximum absolute atomic E-state index is 15.0. The van der Waals surface area contributed by atoms with Crippen molar-refractivity contribution >= 4 is 5.82 Å². The van der Waals surface area contributed by atoms with Crippen molar-refractivity contribution in [2.45, 2.75) is 56.9 Å². The van der Waals surface area contributed by atoms with Gasteiger partial charge in [0.25, 0.3) is 0 Å². The standard InChI is InChI=1S/C23H26FN5O2/c1-13-12-25-23(31-13)14-6-7-16(20(30)10-14)17-8-9-21(28-27-17)29(2)19-11-15-4-3-5-18(26-15)22(19)24/h6-10,12,15,18-19,22,26,30H,3-5,11H2,1-2H3/t15-,18-,19-,22+/m0/s1. The van der Waals surface area contributed by atoms with Gasteiger partial charge >= 0.3 is 0 Å². The number of alkyl halides is 1. The van der Waals surface area contributed by atoms with Gasteiger partial charge in [-0.15, -0.1) is 10.2 Å². The molecule has 0 amide bonds. The van der Waals surface area contributed by atoms with Gasteiger partial charge in [0.15, 0.2) is 5.82 Å². The van der Waals surface area contributed by atoms with Gasteiger partial charge in [-0.1, -0.05) is 6.42 Å². The van der Waals surface area contributed by atoms with Crippen molar-refractivity contribution in [1.82, 2.24) is 20.5 Å². The van der Waals surface area contributed by atoms with Gasteiger partial charge in [-0.25, -0.2) is 9.37 Å². The van der Waals surface area contributed by atoms with Gasteiger partial charge < -0.3 is 19.7 Å². The predicted molar refractivity (Wildman–Crippen MR) is 116 cm³/mol. The Balaban J connectivity index is 1.35. The van der Waals surface area contributed by atoms with Crippen molar-refractivity contribution in [3.05, 3.63) is 42.3 Å². The number of nitrogens with zero attached hydrogens (tertiary/aromatic N) is 4. The molecule has 4 atom stereocenters. The number of rotatable bonds is 4. The molecule has 0 unspecified atom stereocenters. The first-order valence-electron chi connectivity index (χ1n) is 10.7. The van der Waals surface area contributed by atoms with E-state index in [0.717, 1.165) is 25.7 Å². The molecule has 2 N–H and O–H groups in total. The molecule has 3 aromatic rings. The molecule has 0 saturated carbocycles. The normalized spacial score (nSPS) is 25.4. The summed E-state index contributed by atoms with van der Waals surface area (Å²) in [5.74, 6) is 1.86. The Labute approximate surface area is 180 Å². The molecule has 2 bridgehead atoms. The number of aryl methyl sites for hydroxylation is 1. The van der Waals surface area contributed by atoms with Crippen molar-refractivity contribution in [3.63, 3.8) is 0 Å². The van der Waals surface area contributed by atoms with Gasteiger partial charge in [0.1, 0.15) is 17.7 Å². The minimum Gasteiger partial charge on any atom is -0.507 e. The zero-order chi connectivity index (χ0) is 21.5. The highest BCUT2D eigenvalue weighted by Crippen LogP contribution is 2.34. The number of aromatic hydroxyl groups is 1. The van der Waals surface area contributed by atoms with E-state index in [1.54, 1.807) is 24.4 Å². The number of halogens is 1. The third kappa shape index (κ3) is 3.76. The Hall–Kier alpha value is -3.00. The van der Waals surface area contributed by atoms with Crippen LogP contribution in [0.3, 0.4) is 0 Å². The average molecular weight is 423 g/mol. The maximum atomic E-state index is 15.0. The first kappa shape index (κ1) is 19.9. The van der Waals surface area contributed by atoms with Crippen LogP contribution in [-0.2, 0) is 0 Å². The van der Waals surface area contributed by atoms with Crippen LogP contribution in [0.25, 0.3) is 22.7 Å². The van der Waals surface area contributed by atoms with Crippen LogP contribution >= 0.6 is 0 Å². The molecule has 0 radical (unpaired) electrons. The molecule has 2 aliphatic heterocycles. The van der Waals surface area contributed by atoms with Gasteiger partial charge in [-0.2, -0.15) is 0 Å². The molecular weight excluding hydrogens is 397 g/mol. The van der Waals surface area contributed by atoms with E-state index in [9.17, 15) is 5.11 Å². The summed E-state index contributed by atoms with van der Waals surface area (Å²) in [5.41, 5.74) is 1.79. The van der Waals surface area contributed by atoms with Gasteiger partial charge in [0, 0.05) is 30.3 Å². The maximum Gasteiger partial charge on any atom is 0.226 e. The molecule has 2 saturated heterocycles. The summed E-state index contributed by atoms with van der Waals surface area (Å²) in [6.45, 7) is 1.82. The van der Waals surface area contributed by atoms with Crippen LogP contribution in [0.1, 0.15) is 31.4 Å². The van der Waals surface area contributed by atoms with Crippen molar-refractivity contribution in [1.29, 1.82) is 0 Å². The molecule has 2 fully saturated rings. The van der Waals surface area contributed by atoms with Gasteiger partial charge in [-0.05, 0) is 56.5 Å².